The molecule has 1 rings (SSSR count). The van der Waals surface area contributed by atoms with Crippen LogP contribution in [0, 0.1) is 0 Å². The van der Waals surface area contributed by atoms with Gasteiger partial charge in [0.1, 0.15) is 6.04 Å². The lowest BCUT2D eigenvalue weighted by atomic mass is 10.3. The number of amides is 2. The van der Waals surface area contributed by atoms with E-state index in [1.54, 1.807) is 0 Å². The second kappa shape index (κ2) is 7.59. The molecule has 1 saturated heterocycles. The highest BCUT2D eigenvalue weighted by Gasteiger charge is 2.40. The molecule has 0 spiro atoms. The lowest BCUT2D eigenvalue weighted by Crippen LogP contribution is -2.51. The van der Waals surface area contributed by atoms with Crippen LogP contribution in [0.4, 0.5) is 4.79 Å². The smallest absolute Gasteiger partial charge is 0.327 e. The van der Waals surface area contributed by atoms with Gasteiger partial charge in [0.2, 0.25) is 0 Å². The third-order valence-corrected chi connectivity index (χ3v) is 4.72. The Kier molecular flexibility index (Phi) is 6.44. The maximum absolute atomic E-state index is 12.1. The Balaban J connectivity index is 2.53. The summed E-state index contributed by atoms with van der Waals surface area (Å²) in [4.78, 5) is 26.8. The van der Waals surface area contributed by atoms with Gasteiger partial charge in [-0.25, -0.2) is 9.59 Å². The SMILES string of the molecule is CCC1SCC(C(=O)O)N1C(=O)NCCN(C)CC. The van der Waals surface area contributed by atoms with Crippen molar-refractivity contribution in [1.82, 2.24) is 15.1 Å². The number of carboxylic acids is 1. The third kappa shape index (κ3) is 4.28. The number of rotatable bonds is 6. The minimum absolute atomic E-state index is 0.0370. The van der Waals surface area contributed by atoms with E-state index in [-0.39, 0.29) is 11.4 Å². The molecule has 2 N–H and O–H groups in total. The van der Waals surface area contributed by atoms with Gasteiger partial charge < -0.3 is 15.3 Å². The van der Waals surface area contributed by atoms with Crippen LogP contribution in [0.25, 0.3) is 0 Å². The summed E-state index contributed by atoms with van der Waals surface area (Å²) in [5.41, 5.74) is 0. The fourth-order valence-electron chi connectivity index (χ4n) is 1.94. The first kappa shape index (κ1) is 16.1. The van der Waals surface area contributed by atoms with Crippen LogP contribution in [-0.2, 0) is 4.79 Å². The predicted octanol–water partition coefficient (Wildman–Crippen LogP) is 0.886. The van der Waals surface area contributed by atoms with Gasteiger partial charge in [-0.15, -0.1) is 11.8 Å². The molecule has 7 heteroatoms. The van der Waals surface area contributed by atoms with Gasteiger partial charge in [0.25, 0.3) is 0 Å². The molecule has 0 radical (unpaired) electrons. The fraction of sp³-hybridized carbons (Fsp3) is 0.833. The third-order valence-electron chi connectivity index (χ3n) is 3.27. The van der Waals surface area contributed by atoms with Crippen LogP contribution in [0.3, 0.4) is 0 Å². The first-order valence-corrected chi connectivity index (χ1v) is 7.65. The van der Waals surface area contributed by atoms with Crippen molar-refractivity contribution in [2.75, 3.05) is 32.4 Å². The van der Waals surface area contributed by atoms with Gasteiger partial charge >= 0.3 is 12.0 Å². The molecular formula is C12H23N3O3S. The summed E-state index contributed by atoms with van der Waals surface area (Å²) in [5.74, 6) is -0.458. The molecule has 0 aromatic heterocycles. The molecule has 2 atom stereocenters. The number of thioether (sulfide) groups is 1. The van der Waals surface area contributed by atoms with E-state index in [4.69, 9.17) is 5.11 Å². The van der Waals surface area contributed by atoms with E-state index >= 15 is 0 Å². The van der Waals surface area contributed by atoms with E-state index in [2.05, 4.69) is 10.2 Å². The molecule has 110 valence electrons. The first-order valence-electron chi connectivity index (χ1n) is 6.60. The second-order valence-corrected chi connectivity index (χ2v) is 5.80. The number of likely N-dealkylation sites (N-methyl/N-ethyl adjacent to an activating group) is 1. The number of hydrogen-bond acceptors (Lipinski definition) is 4. The summed E-state index contributed by atoms with van der Waals surface area (Å²) >= 11 is 1.53. The maximum atomic E-state index is 12.1. The predicted molar refractivity (Wildman–Crippen MR) is 76.4 cm³/mol. The largest absolute Gasteiger partial charge is 0.480 e. The van der Waals surface area contributed by atoms with E-state index in [1.165, 1.54) is 16.7 Å². The van der Waals surface area contributed by atoms with Crippen molar-refractivity contribution >= 4 is 23.8 Å². The summed E-state index contributed by atoms with van der Waals surface area (Å²) in [6.45, 7) is 6.23. The fourth-order valence-corrected chi connectivity index (χ4v) is 3.29. The summed E-state index contributed by atoms with van der Waals surface area (Å²) in [7, 11) is 1.98. The van der Waals surface area contributed by atoms with Crippen molar-refractivity contribution in [1.29, 1.82) is 0 Å². The average Bonchev–Trinajstić information content (AvgIpc) is 2.82. The van der Waals surface area contributed by atoms with Crippen molar-refractivity contribution in [2.24, 2.45) is 0 Å². The van der Waals surface area contributed by atoms with Crippen LogP contribution in [0.2, 0.25) is 0 Å². The minimum atomic E-state index is -0.927. The zero-order chi connectivity index (χ0) is 14.4. The zero-order valence-corrected chi connectivity index (χ0v) is 12.6. The quantitative estimate of drug-likeness (QED) is 0.759. The molecule has 1 aliphatic heterocycles. The molecule has 0 aromatic carbocycles. The highest BCUT2D eigenvalue weighted by Crippen LogP contribution is 2.31. The van der Waals surface area contributed by atoms with Gasteiger partial charge in [-0.05, 0) is 20.0 Å². The Morgan fingerprint density at radius 3 is 2.68 bits per heavy atom. The van der Waals surface area contributed by atoms with Crippen molar-refractivity contribution < 1.29 is 14.7 Å². The number of carbonyl (C=O) groups is 2. The molecular weight excluding hydrogens is 266 g/mol. The van der Waals surface area contributed by atoms with E-state index in [0.29, 0.717) is 12.3 Å². The molecule has 2 unspecified atom stereocenters. The number of hydrogen-bond donors (Lipinski definition) is 2. The molecule has 1 aliphatic rings. The zero-order valence-electron chi connectivity index (χ0n) is 11.8. The first-order chi connectivity index (χ1) is 9.01. The number of carboxylic acid groups (broad SMARTS) is 1. The van der Waals surface area contributed by atoms with Gasteiger partial charge in [0.15, 0.2) is 0 Å². The molecule has 1 heterocycles. The molecule has 0 aromatic rings. The van der Waals surface area contributed by atoms with Crippen LogP contribution in [-0.4, -0.2) is 70.8 Å². The second-order valence-electron chi connectivity index (χ2n) is 4.59. The summed E-state index contributed by atoms with van der Waals surface area (Å²) in [6, 6.07) is -0.979. The summed E-state index contributed by atoms with van der Waals surface area (Å²) < 4.78 is 0. The van der Waals surface area contributed by atoms with E-state index in [1.807, 2.05) is 20.9 Å². The number of urea groups is 1. The van der Waals surface area contributed by atoms with Crippen molar-refractivity contribution in [3.8, 4) is 0 Å². The van der Waals surface area contributed by atoms with E-state index in [9.17, 15) is 9.59 Å². The molecule has 1 fully saturated rings. The minimum Gasteiger partial charge on any atom is -0.480 e. The Morgan fingerprint density at radius 1 is 1.47 bits per heavy atom. The van der Waals surface area contributed by atoms with Gasteiger partial charge in [-0.1, -0.05) is 13.8 Å². The molecule has 19 heavy (non-hydrogen) atoms. The summed E-state index contributed by atoms with van der Waals surface area (Å²) in [5, 5.41) is 11.9. The lowest BCUT2D eigenvalue weighted by Gasteiger charge is -2.27. The van der Waals surface area contributed by atoms with Crippen LogP contribution >= 0.6 is 11.8 Å². The highest BCUT2D eigenvalue weighted by atomic mass is 32.2. The van der Waals surface area contributed by atoms with Crippen LogP contribution in [0.1, 0.15) is 20.3 Å². The van der Waals surface area contributed by atoms with Crippen molar-refractivity contribution in [3.63, 3.8) is 0 Å². The monoisotopic (exact) mass is 289 g/mol. The van der Waals surface area contributed by atoms with Crippen LogP contribution in [0.15, 0.2) is 0 Å². The normalized spacial score (nSPS) is 22.8. The van der Waals surface area contributed by atoms with E-state index in [0.717, 1.165) is 19.5 Å². The van der Waals surface area contributed by atoms with Gasteiger partial charge in [0.05, 0.1) is 5.37 Å². The number of nitrogens with zero attached hydrogens (tertiary/aromatic N) is 2. The molecule has 2 amide bonds. The van der Waals surface area contributed by atoms with Gasteiger partial charge in [-0.2, -0.15) is 0 Å². The number of aliphatic carboxylic acids is 1. The average molecular weight is 289 g/mol. The van der Waals surface area contributed by atoms with Crippen molar-refractivity contribution in [2.45, 2.75) is 31.7 Å². The summed E-state index contributed by atoms with van der Waals surface area (Å²) in [6.07, 6.45) is 0.761. The van der Waals surface area contributed by atoms with Crippen LogP contribution in [0.5, 0.6) is 0 Å². The topological polar surface area (TPSA) is 72.9 Å². The Hall–Kier alpha value is -0.950. The highest BCUT2D eigenvalue weighted by molar-refractivity contribution is 8.00. The Labute approximate surface area is 118 Å². The van der Waals surface area contributed by atoms with Crippen molar-refractivity contribution in [3.05, 3.63) is 0 Å². The van der Waals surface area contributed by atoms with Gasteiger partial charge in [0, 0.05) is 18.8 Å². The van der Waals surface area contributed by atoms with Crippen LogP contribution < -0.4 is 5.32 Å². The number of carbonyl (C=O) groups excluding carboxylic acids is 1. The molecule has 0 saturated carbocycles. The Bertz CT molecular complexity index is 327. The molecule has 6 nitrogen and oxygen atoms in total. The maximum Gasteiger partial charge on any atom is 0.327 e. The standard InChI is InChI=1S/C12H23N3O3S/c1-4-10-15(9(8-19-10)11(16)17)12(18)13-6-7-14(3)5-2/h9-10H,4-8H2,1-3H3,(H,13,18)(H,16,17). The number of nitrogens with one attached hydrogen (secondary N) is 1. The molecule has 0 bridgehead atoms. The molecule has 0 aliphatic carbocycles. The van der Waals surface area contributed by atoms with E-state index < -0.39 is 12.0 Å². The Morgan fingerprint density at radius 2 is 2.16 bits per heavy atom. The van der Waals surface area contributed by atoms with Gasteiger partial charge in [-0.3, -0.25) is 4.90 Å². The lowest BCUT2D eigenvalue weighted by molar-refractivity contribution is -0.141.